The topological polar surface area (TPSA) is 6.48 Å². The fourth-order valence-corrected chi connectivity index (χ4v) is 4.53. The number of hydrogen-bond acceptors (Lipinski definition) is 2. The van der Waals surface area contributed by atoms with Gasteiger partial charge in [0.2, 0.25) is 0 Å². The zero-order valence-corrected chi connectivity index (χ0v) is 15.8. The summed E-state index contributed by atoms with van der Waals surface area (Å²) in [6.07, 6.45) is 2.48. The summed E-state index contributed by atoms with van der Waals surface area (Å²) >= 11 is 0. The van der Waals surface area contributed by atoms with Crippen molar-refractivity contribution in [3.63, 3.8) is 0 Å². The number of piperidine rings is 2. The van der Waals surface area contributed by atoms with Crippen LogP contribution in [0.1, 0.15) is 44.2 Å². The Morgan fingerprint density at radius 2 is 1.68 bits per heavy atom. The summed E-state index contributed by atoms with van der Waals surface area (Å²) in [4.78, 5) is 4.35. The van der Waals surface area contributed by atoms with Gasteiger partial charge in [-0.15, -0.1) is 0 Å². The third kappa shape index (κ3) is 4.59. The smallest absolute Gasteiger partial charge is 0.263 e. The lowest BCUT2D eigenvalue weighted by Gasteiger charge is -2.45. The Bertz CT molecular complexity index is 548. The molecule has 140 valence electrons. The molecule has 25 heavy (non-hydrogen) atoms. The van der Waals surface area contributed by atoms with Gasteiger partial charge in [0.15, 0.2) is 0 Å². The van der Waals surface area contributed by atoms with Crippen LogP contribution in [0.5, 0.6) is 0 Å². The largest absolute Gasteiger partial charge is 0.301 e. The minimum absolute atomic E-state index is 0.0874. The molecule has 0 amide bonds. The molecular weight excluding hydrogens is 318 g/mol. The van der Waals surface area contributed by atoms with E-state index in [1.54, 1.807) is 0 Å². The van der Waals surface area contributed by atoms with Crippen molar-refractivity contribution in [1.82, 2.24) is 9.80 Å². The van der Waals surface area contributed by atoms with Crippen molar-refractivity contribution in [2.24, 2.45) is 11.8 Å². The van der Waals surface area contributed by atoms with Gasteiger partial charge >= 0.3 is 0 Å². The Kier molecular flexibility index (Phi) is 5.79. The van der Waals surface area contributed by atoms with Crippen molar-refractivity contribution in [2.75, 3.05) is 26.2 Å². The normalized spacial score (nSPS) is 26.2. The van der Waals surface area contributed by atoms with Crippen LogP contribution in [0.15, 0.2) is 24.3 Å². The Morgan fingerprint density at radius 3 is 2.24 bits per heavy atom. The summed E-state index contributed by atoms with van der Waals surface area (Å²) in [5.41, 5.74) is 2.34. The molecule has 1 aromatic carbocycles. The molecule has 2 heterocycles. The van der Waals surface area contributed by atoms with Crippen LogP contribution in [-0.2, 0) is 6.54 Å². The van der Waals surface area contributed by atoms with E-state index in [1.807, 2.05) is 11.8 Å². The molecule has 0 N–H and O–H groups in total. The zero-order chi connectivity index (χ0) is 18.0. The van der Waals surface area contributed by atoms with Gasteiger partial charge in [-0.3, -0.25) is 4.90 Å². The molecular formula is C21H32F2N2. The molecule has 1 unspecified atom stereocenters. The summed E-state index contributed by atoms with van der Waals surface area (Å²) in [6, 6.07) is 8.76. The van der Waals surface area contributed by atoms with Crippen LogP contribution in [0.25, 0.3) is 0 Å². The van der Waals surface area contributed by atoms with Crippen LogP contribution < -0.4 is 0 Å². The monoisotopic (exact) mass is 350 g/mol. The maximum atomic E-state index is 14.9. The fourth-order valence-electron chi connectivity index (χ4n) is 4.53. The molecule has 1 atom stereocenters. The number of likely N-dealkylation sites (tertiary alicyclic amines) is 2. The minimum atomic E-state index is -2.56. The van der Waals surface area contributed by atoms with Gasteiger partial charge in [0.05, 0.1) is 6.54 Å². The summed E-state index contributed by atoms with van der Waals surface area (Å²) in [6.45, 7) is 9.72. The van der Waals surface area contributed by atoms with E-state index in [0.717, 1.165) is 38.0 Å². The van der Waals surface area contributed by atoms with Gasteiger partial charge in [-0.1, -0.05) is 29.8 Å². The van der Waals surface area contributed by atoms with Crippen LogP contribution in [0.4, 0.5) is 8.78 Å². The molecule has 4 heteroatoms. The van der Waals surface area contributed by atoms with Gasteiger partial charge in [0, 0.05) is 18.5 Å². The first-order valence-corrected chi connectivity index (χ1v) is 9.75. The average molecular weight is 350 g/mol. The molecule has 1 aromatic rings. The first kappa shape index (κ1) is 18.8. The summed E-state index contributed by atoms with van der Waals surface area (Å²) < 4.78 is 29.7. The van der Waals surface area contributed by atoms with Crippen LogP contribution in [-0.4, -0.2) is 47.9 Å². The molecule has 2 saturated heterocycles. The number of hydrogen-bond donors (Lipinski definition) is 0. The van der Waals surface area contributed by atoms with E-state index in [9.17, 15) is 8.78 Å². The fraction of sp³-hybridized carbons (Fsp3) is 0.714. The maximum absolute atomic E-state index is 14.9. The first-order chi connectivity index (χ1) is 11.8. The third-order valence-corrected chi connectivity index (χ3v) is 6.13. The second-order valence-electron chi connectivity index (χ2n) is 8.32. The second kappa shape index (κ2) is 7.71. The van der Waals surface area contributed by atoms with E-state index in [-0.39, 0.29) is 12.5 Å². The predicted molar refractivity (Wildman–Crippen MR) is 98.9 cm³/mol. The van der Waals surface area contributed by atoms with Gasteiger partial charge in [-0.2, -0.15) is 0 Å². The number of halogens is 2. The lowest BCUT2D eigenvalue weighted by Crippen LogP contribution is -2.52. The number of rotatable bonds is 4. The Morgan fingerprint density at radius 1 is 1.04 bits per heavy atom. The number of benzene rings is 1. The zero-order valence-electron chi connectivity index (χ0n) is 15.8. The van der Waals surface area contributed by atoms with Gasteiger partial charge < -0.3 is 4.90 Å². The molecule has 2 aliphatic rings. The summed E-state index contributed by atoms with van der Waals surface area (Å²) in [5, 5.41) is 0. The minimum Gasteiger partial charge on any atom is -0.301 e. The van der Waals surface area contributed by atoms with E-state index in [2.05, 4.69) is 43.0 Å². The van der Waals surface area contributed by atoms with Gasteiger partial charge in [-0.05, 0) is 71.1 Å². The SMILES string of the molecule is Cc1ccc(CN2CCC(C3CCN(C(C)C)CC3)C(F)(F)C2)cc1. The van der Waals surface area contributed by atoms with Crippen molar-refractivity contribution in [1.29, 1.82) is 0 Å². The van der Waals surface area contributed by atoms with Crippen LogP contribution in [0, 0.1) is 18.8 Å². The van der Waals surface area contributed by atoms with Gasteiger partial charge in [0.1, 0.15) is 0 Å². The highest BCUT2D eigenvalue weighted by Gasteiger charge is 2.48. The molecule has 0 spiro atoms. The average Bonchev–Trinajstić information content (AvgIpc) is 2.56. The van der Waals surface area contributed by atoms with E-state index < -0.39 is 11.8 Å². The highest BCUT2D eigenvalue weighted by Crippen LogP contribution is 2.42. The highest BCUT2D eigenvalue weighted by atomic mass is 19.3. The lowest BCUT2D eigenvalue weighted by molar-refractivity contribution is -0.137. The molecule has 2 nitrogen and oxygen atoms in total. The molecule has 0 radical (unpaired) electrons. The molecule has 0 aromatic heterocycles. The first-order valence-electron chi connectivity index (χ1n) is 9.75. The van der Waals surface area contributed by atoms with Crippen LogP contribution >= 0.6 is 0 Å². The van der Waals surface area contributed by atoms with E-state index >= 15 is 0 Å². The van der Waals surface area contributed by atoms with E-state index in [4.69, 9.17) is 0 Å². The van der Waals surface area contributed by atoms with Crippen molar-refractivity contribution in [3.05, 3.63) is 35.4 Å². The van der Waals surface area contributed by atoms with Gasteiger partial charge in [0.25, 0.3) is 5.92 Å². The van der Waals surface area contributed by atoms with E-state index in [1.165, 1.54) is 5.56 Å². The van der Waals surface area contributed by atoms with Crippen molar-refractivity contribution in [2.45, 2.75) is 58.5 Å². The second-order valence-corrected chi connectivity index (χ2v) is 8.32. The van der Waals surface area contributed by atoms with Crippen LogP contribution in [0.2, 0.25) is 0 Å². The molecule has 0 bridgehead atoms. The van der Waals surface area contributed by atoms with Crippen LogP contribution in [0.3, 0.4) is 0 Å². The maximum Gasteiger partial charge on any atom is 0.263 e. The number of aryl methyl sites for hydroxylation is 1. The summed E-state index contributed by atoms with van der Waals surface area (Å²) in [7, 11) is 0. The Balaban J connectivity index is 1.56. The number of alkyl halides is 2. The molecule has 0 saturated carbocycles. The Labute approximate surface area is 151 Å². The number of nitrogens with zero attached hydrogens (tertiary/aromatic N) is 2. The predicted octanol–water partition coefficient (Wildman–Crippen LogP) is 4.57. The Hall–Kier alpha value is -1.00. The molecule has 3 rings (SSSR count). The van der Waals surface area contributed by atoms with Crippen molar-refractivity contribution >= 4 is 0 Å². The lowest BCUT2D eigenvalue weighted by atomic mass is 9.76. The van der Waals surface area contributed by atoms with Gasteiger partial charge in [-0.25, -0.2) is 8.78 Å². The highest BCUT2D eigenvalue weighted by molar-refractivity contribution is 5.21. The van der Waals surface area contributed by atoms with Crippen molar-refractivity contribution in [3.8, 4) is 0 Å². The molecule has 0 aliphatic carbocycles. The molecule has 2 aliphatic heterocycles. The quantitative estimate of drug-likeness (QED) is 0.785. The molecule has 2 fully saturated rings. The van der Waals surface area contributed by atoms with E-state index in [0.29, 0.717) is 19.0 Å². The van der Waals surface area contributed by atoms with Crippen molar-refractivity contribution < 1.29 is 8.78 Å². The third-order valence-electron chi connectivity index (χ3n) is 6.13. The standard InChI is InChI=1S/C21H32F2N2/c1-16(2)25-12-8-19(9-13-25)20-10-11-24(15-21(20,22)23)14-18-6-4-17(3)5-7-18/h4-7,16,19-20H,8-15H2,1-3H3. The summed E-state index contributed by atoms with van der Waals surface area (Å²) in [5.74, 6) is -2.81.